The molecule has 0 spiro atoms. The lowest BCUT2D eigenvalue weighted by Crippen LogP contribution is -2.47. The number of aliphatic hydroxyl groups is 1. The van der Waals surface area contributed by atoms with Crippen molar-refractivity contribution in [2.45, 2.75) is 37.3 Å². The van der Waals surface area contributed by atoms with Crippen molar-refractivity contribution >= 4 is 5.91 Å². The van der Waals surface area contributed by atoms with Crippen LogP contribution < -0.4 is 5.73 Å². The van der Waals surface area contributed by atoms with Crippen LogP contribution in [0.4, 0.5) is 0 Å². The van der Waals surface area contributed by atoms with Gasteiger partial charge in [0.2, 0.25) is 5.91 Å². The molecule has 0 radical (unpaired) electrons. The van der Waals surface area contributed by atoms with Gasteiger partial charge in [-0.1, -0.05) is 0 Å². The highest BCUT2D eigenvalue weighted by atomic mass is 16.3. The van der Waals surface area contributed by atoms with Crippen LogP contribution in [-0.2, 0) is 4.79 Å². The van der Waals surface area contributed by atoms with Crippen LogP contribution in [0, 0.1) is 0 Å². The minimum absolute atomic E-state index is 0.0400. The second-order valence-corrected chi connectivity index (χ2v) is 4.11. The van der Waals surface area contributed by atoms with Crippen molar-refractivity contribution in [1.29, 1.82) is 0 Å². The number of nitrogens with two attached hydrogens (primary N) is 1. The second-order valence-electron chi connectivity index (χ2n) is 4.11. The summed E-state index contributed by atoms with van der Waals surface area (Å²) in [5.74, 6) is 0.0454. The average molecular weight is 184 g/mol. The molecule has 74 valence electrons. The summed E-state index contributed by atoms with van der Waals surface area (Å²) < 4.78 is 0. The fourth-order valence-electron chi connectivity index (χ4n) is 1.58. The van der Waals surface area contributed by atoms with E-state index in [2.05, 4.69) is 0 Å². The molecule has 2 saturated carbocycles. The molecule has 4 heteroatoms. The zero-order valence-corrected chi connectivity index (χ0v) is 7.70. The molecule has 13 heavy (non-hydrogen) atoms. The summed E-state index contributed by atoms with van der Waals surface area (Å²) in [4.78, 5) is 13.5. The molecule has 2 fully saturated rings. The van der Waals surface area contributed by atoms with Gasteiger partial charge in [-0.3, -0.25) is 4.79 Å². The molecule has 0 aromatic rings. The highest BCUT2D eigenvalue weighted by Gasteiger charge is 2.50. The number of carbonyl (C=O) groups excluding carboxylic acids is 1. The Hall–Kier alpha value is -0.610. The summed E-state index contributed by atoms with van der Waals surface area (Å²) >= 11 is 0. The number of aliphatic hydroxyl groups excluding tert-OH is 1. The molecule has 1 amide bonds. The molecular formula is C9H16N2O2. The topological polar surface area (TPSA) is 66.6 Å². The SMILES string of the molecule is NC1(C(=O)N(CCO)C2CC2)CC1. The normalized spacial score (nSPS) is 24.2. The molecule has 0 unspecified atom stereocenters. The van der Waals surface area contributed by atoms with Crippen molar-refractivity contribution in [3.63, 3.8) is 0 Å². The van der Waals surface area contributed by atoms with E-state index in [0.29, 0.717) is 12.6 Å². The van der Waals surface area contributed by atoms with Crippen molar-refractivity contribution in [1.82, 2.24) is 4.90 Å². The number of nitrogens with zero attached hydrogens (tertiary/aromatic N) is 1. The molecule has 0 aromatic heterocycles. The van der Waals surface area contributed by atoms with Gasteiger partial charge in [-0.05, 0) is 25.7 Å². The first-order valence-electron chi connectivity index (χ1n) is 4.88. The minimum atomic E-state index is -0.572. The maximum atomic E-state index is 11.8. The Bertz CT molecular complexity index is 222. The quantitative estimate of drug-likeness (QED) is 0.616. The maximum absolute atomic E-state index is 11.8. The third-order valence-corrected chi connectivity index (χ3v) is 2.80. The van der Waals surface area contributed by atoms with Gasteiger partial charge >= 0.3 is 0 Å². The van der Waals surface area contributed by atoms with E-state index in [9.17, 15) is 4.79 Å². The molecule has 2 aliphatic carbocycles. The molecule has 2 aliphatic rings. The minimum Gasteiger partial charge on any atom is -0.395 e. The van der Waals surface area contributed by atoms with Crippen molar-refractivity contribution in [3.05, 3.63) is 0 Å². The van der Waals surface area contributed by atoms with Gasteiger partial charge in [0.25, 0.3) is 0 Å². The predicted octanol–water partition coefficient (Wildman–Crippen LogP) is -0.539. The third kappa shape index (κ3) is 1.69. The molecule has 0 aliphatic heterocycles. The summed E-state index contributed by atoms with van der Waals surface area (Å²) in [6.45, 7) is 0.487. The van der Waals surface area contributed by atoms with Crippen LogP contribution in [0.25, 0.3) is 0 Å². The second kappa shape index (κ2) is 2.96. The Morgan fingerprint density at radius 1 is 1.54 bits per heavy atom. The number of hydrogen-bond acceptors (Lipinski definition) is 3. The fraction of sp³-hybridized carbons (Fsp3) is 0.889. The van der Waals surface area contributed by atoms with E-state index in [1.807, 2.05) is 0 Å². The van der Waals surface area contributed by atoms with Gasteiger partial charge in [0.05, 0.1) is 12.1 Å². The number of hydrogen-bond donors (Lipinski definition) is 2. The molecule has 3 N–H and O–H groups in total. The Kier molecular flexibility index (Phi) is 2.04. The molecule has 0 atom stereocenters. The van der Waals surface area contributed by atoms with Crippen molar-refractivity contribution in [2.24, 2.45) is 5.73 Å². The molecule has 0 bridgehead atoms. The van der Waals surface area contributed by atoms with E-state index in [4.69, 9.17) is 10.8 Å². The summed E-state index contributed by atoms with van der Waals surface area (Å²) in [6.07, 6.45) is 3.75. The van der Waals surface area contributed by atoms with E-state index in [-0.39, 0.29) is 12.5 Å². The van der Waals surface area contributed by atoms with Crippen LogP contribution in [0.3, 0.4) is 0 Å². The fourth-order valence-corrected chi connectivity index (χ4v) is 1.58. The van der Waals surface area contributed by atoms with E-state index in [1.165, 1.54) is 0 Å². The number of rotatable bonds is 4. The zero-order valence-electron chi connectivity index (χ0n) is 7.70. The number of amides is 1. The number of carbonyl (C=O) groups is 1. The van der Waals surface area contributed by atoms with Crippen molar-refractivity contribution in [3.8, 4) is 0 Å². The van der Waals surface area contributed by atoms with Crippen molar-refractivity contribution in [2.75, 3.05) is 13.2 Å². The first-order chi connectivity index (χ1) is 6.17. The Morgan fingerprint density at radius 2 is 2.15 bits per heavy atom. The van der Waals surface area contributed by atoms with Gasteiger partial charge in [-0.25, -0.2) is 0 Å². The zero-order chi connectivity index (χ0) is 9.47. The van der Waals surface area contributed by atoms with Crippen LogP contribution >= 0.6 is 0 Å². The lowest BCUT2D eigenvalue weighted by atomic mass is 10.2. The van der Waals surface area contributed by atoms with E-state index in [0.717, 1.165) is 25.7 Å². The lowest BCUT2D eigenvalue weighted by molar-refractivity contribution is -0.134. The van der Waals surface area contributed by atoms with Crippen LogP contribution in [0.15, 0.2) is 0 Å². The van der Waals surface area contributed by atoms with Gasteiger partial charge in [-0.2, -0.15) is 0 Å². The standard InChI is InChI=1S/C9H16N2O2/c10-9(3-4-9)8(13)11(5-6-12)7-1-2-7/h7,12H,1-6,10H2. The van der Waals surface area contributed by atoms with E-state index < -0.39 is 5.54 Å². The van der Waals surface area contributed by atoms with E-state index >= 15 is 0 Å². The van der Waals surface area contributed by atoms with Crippen molar-refractivity contribution < 1.29 is 9.90 Å². The van der Waals surface area contributed by atoms with Gasteiger partial charge in [0.15, 0.2) is 0 Å². The van der Waals surface area contributed by atoms with Crippen LogP contribution in [0.5, 0.6) is 0 Å². The summed E-state index contributed by atoms with van der Waals surface area (Å²) in [6, 6.07) is 0.362. The van der Waals surface area contributed by atoms with Crippen LogP contribution in [-0.4, -0.2) is 40.6 Å². The van der Waals surface area contributed by atoms with Gasteiger partial charge in [0.1, 0.15) is 0 Å². The summed E-state index contributed by atoms with van der Waals surface area (Å²) in [7, 11) is 0. The van der Waals surface area contributed by atoms with Gasteiger partial charge in [0, 0.05) is 12.6 Å². The first-order valence-corrected chi connectivity index (χ1v) is 4.88. The molecule has 0 saturated heterocycles. The Labute approximate surface area is 77.7 Å². The molecule has 0 heterocycles. The largest absolute Gasteiger partial charge is 0.395 e. The van der Waals surface area contributed by atoms with Crippen LogP contribution in [0.1, 0.15) is 25.7 Å². The molecule has 0 aromatic carbocycles. The Balaban J connectivity index is 1.97. The highest BCUT2D eigenvalue weighted by molar-refractivity contribution is 5.89. The average Bonchev–Trinajstić information content (AvgIpc) is 2.94. The molecule has 2 rings (SSSR count). The van der Waals surface area contributed by atoms with Gasteiger partial charge < -0.3 is 15.7 Å². The monoisotopic (exact) mass is 184 g/mol. The lowest BCUT2D eigenvalue weighted by Gasteiger charge is -2.24. The Morgan fingerprint density at radius 3 is 2.54 bits per heavy atom. The van der Waals surface area contributed by atoms with E-state index in [1.54, 1.807) is 4.90 Å². The maximum Gasteiger partial charge on any atom is 0.242 e. The molecular weight excluding hydrogens is 168 g/mol. The molecule has 4 nitrogen and oxygen atoms in total. The highest BCUT2D eigenvalue weighted by Crippen LogP contribution is 2.37. The first kappa shape index (κ1) is 8.97. The summed E-state index contributed by atoms with van der Waals surface area (Å²) in [5.41, 5.74) is 5.24. The van der Waals surface area contributed by atoms with Gasteiger partial charge in [-0.15, -0.1) is 0 Å². The predicted molar refractivity (Wildman–Crippen MR) is 48.0 cm³/mol. The summed E-state index contributed by atoms with van der Waals surface area (Å²) in [5, 5.41) is 8.81. The third-order valence-electron chi connectivity index (χ3n) is 2.80. The van der Waals surface area contributed by atoms with Crippen LogP contribution in [0.2, 0.25) is 0 Å². The smallest absolute Gasteiger partial charge is 0.242 e.